The number of rotatable bonds is 38. The van der Waals surface area contributed by atoms with Gasteiger partial charge >= 0.3 is 30.8 Å². The van der Waals surface area contributed by atoms with Crippen molar-refractivity contribution in [2.24, 2.45) is 0 Å². The third kappa shape index (κ3) is 36.9. The summed E-state index contributed by atoms with van der Waals surface area (Å²) in [6.07, 6.45) is 37.3. The Bertz CT molecular complexity index is 1270. The number of esters is 2. The van der Waals surface area contributed by atoms with Crippen molar-refractivity contribution in [3.8, 4) is 11.5 Å². The molecule has 0 fully saturated rings. The third-order valence-electron chi connectivity index (χ3n) is 10.9. The minimum atomic E-state index is -0.468. The molecular formula is C53H96AlLiO8. The molecule has 0 heterocycles. The average Bonchev–Trinajstić information content (AvgIpc) is 3.26. The van der Waals surface area contributed by atoms with Gasteiger partial charge in [0, 0.05) is 0 Å². The largest absolute Gasteiger partial charge is 1.00 e. The Kier molecular flexibility index (Phi) is 49.7. The van der Waals surface area contributed by atoms with Crippen molar-refractivity contribution in [3.63, 3.8) is 0 Å². The first kappa shape index (κ1) is 65.3. The molecule has 360 valence electrons. The van der Waals surface area contributed by atoms with Crippen LogP contribution in [0.5, 0.6) is 11.5 Å². The maximum Gasteiger partial charge on any atom is 1.00 e. The summed E-state index contributed by atoms with van der Waals surface area (Å²) in [6.45, 7) is 9.81. The van der Waals surface area contributed by atoms with Gasteiger partial charge in [0.2, 0.25) is 0 Å². The molecule has 2 aromatic rings. The number of aliphatic hydroxyl groups excluding tert-OH is 2. The van der Waals surface area contributed by atoms with Crippen LogP contribution in [-0.2, 0) is 22.7 Å². The smallest absolute Gasteiger partial charge is 1.00 e. The number of carbonyl (C=O) groups is 2. The monoisotopic (exact) mass is 895 g/mol. The van der Waals surface area contributed by atoms with Gasteiger partial charge in [-0.05, 0) is 68.1 Å². The van der Waals surface area contributed by atoms with E-state index >= 15 is 0 Å². The van der Waals surface area contributed by atoms with Crippen molar-refractivity contribution in [1.29, 1.82) is 0 Å². The van der Waals surface area contributed by atoms with Gasteiger partial charge in [0.05, 0.1) is 50.8 Å². The zero-order valence-corrected chi connectivity index (χ0v) is 39.8. The Morgan fingerprint density at radius 2 is 0.698 bits per heavy atom. The van der Waals surface area contributed by atoms with Crippen molar-refractivity contribution in [2.75, 3.05) is 26.4 Å². The van der Waals surface area contributed by atoms with Crippen molar-refractivity contribution >= 4 is 29.3 Å². The zero-order chi connectivity index (χ0) is 43.7. The first-order chi connectivity index (χ1) is 29.4. The summed E-state index contributed by atoms with van der Waals surface area (Å²) >= 11 is 0. The molecule has 0 aliphatic heterocycles. The Balaban J connectivity index is -0.000000538. The second kappa shape index (κ2) is 48.0. The Hall–Kier alpha value is -1.97. The van der Waals surface area contributed by atoms with Crippen LogP contribution in [-0.4, -0.2) is 65.9 Å². The summed E-state index contributed by atoms with van der Waals surface area (Å²) in [7, 11) is 0. The van der Waals surface area contributed by atoms with Gasteiger partial charge in [0.25, 0.3) is 0 Å². The van der Waals surface area contributed by atoms with E-state index in [2.05, 4.69) is 13.8 Å². The first-order valence-electron chi connectivity index (χ1n) is 24.5. The summed E-state index contributed by atoms with van der Waals surface area (Å²) in [4.78, 5) is 24.2. The van der Waals surface area contributed by atoms with Crippen LogP contribution in [0.1, 0.15) is 248 Å². The molecule has 63 heavy (non-hydrogen) atoms. The number of unbranched alkanes of at least 4 members (excludes halogenated alkanes) is 26. The minimum absolute atomic E-state index is 0. The Morgan fingerprint density at radius 3 is 0.968 bits per heavy atom. The van der Waals surface area contributed by atoms with E-state index < -0.39 is 11.9 Å². The normalized spacial score (nSPS) is 10.4. The van der Waals surface area contributed by atoms with Gasteiger partial charge in [0.1, 0.15) is 11.5 Å². The molecule has 2 N–H and O–H groups in total. The number of carbonyl (C=O) groups excluding carboxylic acids is 2. The fourth-order valence-electron chi connectivity index (χ4n) is 7.31. The number of ether oxygens (including phenoxy) is 4. The molecule has 0 aliphatic carbocycles. The van der Waals surface area contributed by atoms with E-state index in [4.69, 9.17) is 18.9 Å². The SMILES string of the molecule is C.CCCCCCCCCCCCCCCCOc1cc(C(=O)OCC)cc(C(=O)OCC)c1.CCCCCCCCCCCCCCCCOc1cc(CO)cc(CO)c1.[AlH3].[H-].[Li+]. The molecule has 0 bridgehead atoms. The number of aliphatic hydroxyl groups is 2. The van der Waals surface area contributed by atoms with Gasteiger partial charge in [-0.3, -0.25) is 0 Å². The average molecular weight is 895 g/mol. The van der Waals surface area contributed by atoms with Gasteiger partial charge in [-0.25, -0.2) is 9.59 Å². The third-order valence-corrected chi connectivity index (χ3v) is 10.9. The van der Waals surface area contributed by atoms with E-state index in [9.17, 15) is 19.8 Å². The zero-order valence-electron chi connectivity index (χ0n) is 40.8. The molecule has 2 aromatic carbocycles. The molecule has 2 rings (SSSR count). The second-order valence-corrected chi connectivity index (χ2v) is 16.4. The molecule has 0 saturated heterocycles. The van der Waals surface area contributed by atoms with Crippen LogP contribution >= 0.6 is 0 Å². The molecule has 0 amide bonds. The van der Waals surface area contributed by atoms with Crippen molar-refractivity contribution < 1.29 is 59.0 Å². The molecular weight excluding hydrogens is 798 g/mol. The van der Waals surface area contributed by atoms with Crippen LogP contribution in [0.3, 0.4) is 0 Å². The molecule has 0 aromatic heterocycles. The van der Waals surface area contributed by atoms with Crippen LogP contribution in [0.2, 0.25) is 0 Å². The number of benzene rings is 2. The Labute approximate surface area is 410 Å². The van der Waals surface area contributed by atoms with E-state index in [1.165, 1.54) is 167 Å². The molecule has 10 heteroatoms. The molecule has 8 nitrogen and oxygen atoms in total. The molecule has 0 atom stereocenters. The topological polar surface area (TPSA) is 112 Å². The van der Waals surface area contributed by atoms with Gasteiger partial charge < -0.3 is 30.6 Å². The predicted octanol–water partition coefficient (Wildman–Crippen LogP) is 11.0. The van der Waals surface area contributed by atoms with Gasteiger partial charge in [-0.15, -0.1) is 0 Å². The molecule has 0 saturated carbocycles. The van der Waals surface area contributed by atoms with E-state index in [1.807, 2.05) is 12.1 Å². The van der Waals surface area contributed by atoms with E-state index in [-0.39, 0.29) is 71.5 Å². The van der Waals surface area contributed by atoms with E-state index in [0.717, 1.165) is 36.1 Å². The minimum Gasteiger partial charge on any atom is -1.00 e. The first-order valence-corrected chi connectivity index (χ1v) is 24.5. The van der Waals surface area contributed by atoms with E-state index in [1.54, 1.807) is 32.0 Å². The summed E-state index contributed by atoms with van der Waals surface area (Å²) in [5, 5.41) is 18.5. The molecule has 0 radical (unpaired) electrons. The van der Waals surface area contributed by atoms with Gasteiger partial charge in [-0.2, -0.15) is 0 Å². The van der Waals surface area contributed by atoms with Crippen LogP contribution in [0.25, 0.3) is 0 Å². The summed E-state index contributed by atoms with van der Waals surface area (Å²) in [5.41, 5.74) is 2.19. The van der Waals surface area contributed by atoms with Gasteiger partial charge in [-0.1, -0.05) is 194 Å². The van der Waals surface area contributed by atoms with Gasteiger partial charge in [0.15, 0.2) is 17.4 Å². The van der Waals surface area contributed by atoms with Crippen LogP contribution in [0.4, 0.5) is 0 Å². The molecule has 0 aliphatic rings. The number of hydrogen-bond acceptors (Lipinski definition) is 8. The quantitative estimate of drug-likeness (QED) is 0.0389. The van der Waals surface area contributed by atoms with Crippen LogP contribution < -0.4 is 28.3 Å². The van der Waals surface area contributed by atoms with Crippen LogP contribution in [0, 0.1) is 0 Å². The Morgan fingerprint density at radius 1 is 0.429 bits per heavy atom. The maximum absolute atomic E-state index is 12.1. The van der Waals surface area contributed by atoms with Crippen LogP contribution in [0.15, 0.2) is 36.4 Å². The summed E-state index contributed by atoms with van der Waals surface area (Å²) in [5.74, 6) is 0.313. The van der Waals surface area contributed by atoms with Crippen molar-refractivity contribution in [1.82, 2.24) is 0 Å². The van der Waals surface area contributed by atoms with Crippen molar-refractivity contribution in [3.05, 3.63) is 58.7 Å². The predicted molar refractivity (Wildman–Crippen MR) is 266 cm³/mol. The molecule has 0 spiro atoms. The standard InChI is InChI=1S/C28H46O5.C24H42O3.CH4.Al.Li.4H/c1-4-7-8-9-10-11-12-13-14-15-16-17-18-19-20-33-26-22-24(27(29)31-5-2)21-25(23-26)28(30)32-6-3;1-2-3-4-5-6-7-8-9-10-11-12-13-14-15-16-27-24-18-22(20-25)17-23(19-24)21-26;;;;;;;/h21-23H,4-20H2,1-3H3;17-19,25-26H,2-16,20-21H2,1H3;1H4;;;;;;/q;;;;+1;;;;-1. The fraction of sp³-hybridized carbons (Fsp3) is 0.736. The summed E-state index contributed by atoms with van der Waals surface area (Å²) < 4.78 is 21.7. The number of hydrogen-bond donors (Lipinski definition) is 2. The van der Waals surface area contributed by atoms with Crippen molar-refractivity contribution in [2.45, 2.75) is 228 Å². The maximum atomic E-state index is 12.1. The van der Waals surface area contributed by atoms with E-state index in [0.29, 0.717) is 30.1 Å². The fourth-order valence-corrected chi connectivity index (χ4v) is 7.31. The molecule has 0 unspecified atom stereocenters. The second-order valence-electron chi connectivity index (χ2n) is 16.4. The summed E-state index contributed by atoms with van der Waals surface area (Å²) in [6, 6.07) is 10.3.